The van der Waals surface area contributed by atoms with Crippen LogP contribution >= 0.6 is 11.3 Å². The van der Waals surface area contributed by atoms with Gasteiger partial charge in [0.2, 0.25) is 0 Å². The number of hydrogen-bond acceptors (Lipinski definition) is 4. The van der Waals surface area contributed by atoms with E-state index in [9.17, 15) is 4.39 Å². The van der Waals surface area contributed by atoms with Gasteiger partial charge >= 0.3 is 0 Å². The van der Waals surface area contributed by atoms with Gasteiger partial charge in [-0.2, -0.15) is 0 Å². The van der Waals surface area contributed by atoms with Crippen LogP contribution in [0.3, 0.4) is 0 Å². The van der Waals surface area contributed by atoms with E-state index in [-0.39, 0.29) is 5.82 Å². The Balaban J connectivity index is 1.43. The van der Waals surface area contributed by atoms with Crippen molar-refractivity contribution in [3.05, 3.63) is 51.7 Å². The lowest BCUT2D eigenvalue weighted by atomic mass is 9.96. The fourth-order valence-electron chi connectivity index (χ4n) is 3.42. The molecule has 28 heavy (non-hydrogen) atoms. The van der Waals surface area contributed by atoms with Crippen LogP contribution in [-0.4, -0.2) is 42.0 Å². The van der Waals surface area contributed by atoms with Gasteiger partial charge in [0.05, 0.1) is 6.54 Å². The first-order valence-electron chi connectivity index (χ1n) is 10.0. The van der Waals surface area contributed by atoms with Crippen molar-refractivity contribution in [2.24, 2.45) is 10.9 Å². The summed E-state index contributed by atoms with van der Waals surface area (Å²) in [5.41, 5.74) is 0.790. The van der Waals surface area contributed by atoms with E-state index in [0.717, 1.165) is 55.6 Å². The Hall–Kier alpha value is -1.99. The van der Waals surface area contributed by atoms with Crippen LogP contribution in [0, 0.1) is 18.7 Å². The average molecular weight is 404 g/mol. The smallest absolute Gasteiger partial charge is 0.191 e. The Kier molecular flexibility index (Phi) is 7.80. The van der Waals surface area contributed by atoms with Gasteiger partial charge in [0.15, 0.2) is 5.96 Å². The number of nitrogens with zero attached hydrogens (tertiary/aromatic N) is 3. The van der Waals surface area contributed by atoms with Crippen molar-refractivity contribution in [3.63, 3.8) is 0 Å². The molecule has 0 radical (unpaired) electrons. The van der Waals surface area contributed by atoms with Gasteiger partial charge in [0, 0.05) is 36.3 Å². The number of thiazole rings is 1. The molecule has 0 saturated carbocycles. The van der Waals surface area contributed by atoms with E-state index < -0.39 is 0 Å². The molecule has 1 aliphatic heterocycles. The van der Waals surface area contributed by atoms with Gasteiger partial charge in [-0.15, -0.1) is 11.3 Å². The summed E-state index contributed by atoms with van der Waals surface area (Å²) in [4.78, 5) is 12.6. The summed E-state index contributed by atoms with van der Waals surface area (Å²) < 4.78 is 13.8. The molecule has 1 aromatic heterocycles. The zero-order valence-electron chi connectivity index (χ0n) is 16.7. The van der Waals surface area contributed by atoms with Crippen LogP contribution in [0.15, 0.2) is 35.5 Å². The first kappa shape index (κ1) is 20.7. The quantitative estimate of drug-likeness (QED) is 0.548. The lowest BCUT2D eigenvalue weighted by Crippen LogP contribution is -2.42. The van der Waals surface area contributed by atoms with Gasteiger partial charge < -0.3 is 10.6 Å². The Morgan fingerprint density at radius 1 is 1.29 bits per heavy atom. The van der Waals surface area contributed by atoms with Crippen molar-refractivity contribution in [2.75, 3.05) is 26.2 Å². The zero-order chi connectivity index (χ0) is 19.8. The van der Waals surface area contributed by atoms with Crippen molar-refractivity contribution in [3.8, 4) is 0 Å². The lowest BCUT2D eigenvalue weighted by molar-refractivity contribution is 0.176. The maximum Gasteiger partial charge on any atom is 0.191 e. The van der Waals surface area contributed by atoms with Crippen molar-refractivity contribution < 1.29 is 4.39 Å². The number of halogens is 1. The van der Waals surface area contributed by atoms with Crippen LogP contribution in [0.5, 0.6) is 0 Å². The third-order valence-electron chi connectivity index (χ3n) is 5.00. The number of likely N-dealkylation sites (tertiary alicyclic amines) is 1. The summed E-state index contributed by atoms with van der Waals surface area (Å²) in [5.74, 6) is 1.36. The molecule has 7 heteroatoms. The number of rotatable bonds is 7. The molecule has 5 nitrogen and oxygen atoms in total. The number of piperidine rings is 1. The molecule has 1 aliphatic rings. The molecule has 0 aliphatic carbocycles. The minimum Gasteiger partial charge on any atom is -0.357 e. The summed E-state index contributed by atoms with van der Waals surface area (Å²) >= 11 is 1.69. The highest BCUT2D eigenvalue weighted by atomic mass is 32.1. The van der Waals surface area contributed by atoms with E-state index in [2.05, 4.69) is 39.4 Å². The number of benzene rings is 1. The Labute approximate surface area is 171 Å². The van der Waals surface area contributed by atoms with E-state index in [4.69, 9.17) is 0 Å². The molecule has 2 aromatic rings. The second kappa shape index (κ2) is 10.5. The normalized spacial score (nSPS) is 16.3. The molecule has 1 saturated heterocycles. The molecule has 1 aromatic carbocycles. The number of aliphatic imine (C=N–C) groups is 1. The van der Waals surface area contributed by atoms with Crippen LogP contribution in [0.25, 0.3) is 0 Å². The Bertz CT molecular complexity index is 768. The van der Waals surface area contributed by atoms with Gasteiger partial charge in [-0.1, -0.05) is 18.2 Å². The first-order chi connectivity index (χ1) is 13.6. The summed E-state index contributed by atoms with van der Waals surface area (Å²) in [6.07, 6.45) is 4.13. The average Bonchev–Trinajstić information content (AvgIpc) is 3.12. The molecule has 0 atom stereocenters. The predicted molar refractivity (Wildman–Crippen MR) is 114 cm³/mol. The van der Waals surface area contributed by atoms with E-state index >= 15 is 0 Å². The van der Waals surface area contributed by atoms with Crippen LogP contribution in [0.4, 0.5) is 4.39 Å². The largest absolute Gasteiger partial charge is 0.357 e. The molecule has 0 amide bonds. The lowest BCUT2D eigenvalue weighted by Gasteiger charge is -2.32. The second-order valence-electron chi connectivity index (χ2n) is 7.25. The van der Waals surface area contributed by atoms with Crippen molar-refractivity contribution in [1.29, 1.82) is 0 Å². The van der Waals surface area contributed by atoms with E-state index in [1.54, 1.807) is 23.5 Å². The second-order valence-corrected chi connectivity index (χ2v) is 8.57. The maximum absolute atomic E-state index is 13.8. The molecule has 0 bridgehead atoms. The van der Waals surface area contributed by atoms with Crippen LogP contribution in [0.2, 0.25) is 0 Å². The third kappa shape index (κ3) is 6.27. The zero-order valence-corrected chi connectivity index (χ0v) is 17.6. The number of nitrogens with one attached hydrogen (secondary N) is 2. The van der Waals surface area contributed by atoms with Gasteiger partial charge in [-0.3, -0.25) is 4.90 Å². The third-order valence-corrected chi connectivity index (χ3v) is 5.90. The van der Waals surface area contributed by atoms with Crippen LogP contribution in [-0.2, 0) is 13.1 Å². The molecule has 2 N–H and O–H groups in total. The maximum atomic E-state index is 13.8. The molecule has 152 valence electrons. The SMILES string of the molecule is CCNC(=NCc1ncc(C)s1)NCC1CCN(Cc2ccccc2F)CC1. The highest BCUT2D eigenvalue weighted by Crippen LogP contribution is 2.19. The molecule has 2 heterocycles. The van der Waals surface area contributed by atoms with E-state index in [0.29, 0.717) is 19.0 Å². The fraction of sp³-hybridized carbons (Fsp3) is 0.524. The number of guanidine groups is 1. The molecule has 0 spiro atoms. The van der Waals surface area contributed by atoms with Gasteiger partial charge in [-0.05, 0) is 51.8 Å². The van der Waals surface area contributed by atoms with E-state index in [1.165, 1.54) is 4.88 Å². The van der Waals surface area contributed by atoms with Crippen LogP contribution < -0.4 is 10.6 Å². The summed E-state index contributed by atoms with van der Waals surface area (Å²) in [7, 11) is 0. The van der Waals surface area contributed by atoms with Crippen molar-refractivity contribution >= 4 is 17.3 Å². The highest BCUT2D eigenvalue weighted by molar-refractivity contribution is 7.11. The Morgan fingerprint density at radius 2 is 2.07 bits per heavy atom. The van der Waals surface area contributed by atoms with Crippen molar-refractivity contribution in [1.82, 2.24) is 20.5 Å². The van der Waals surface area contributed by atoms with E-state index in [1.807, 2.05) is 18.3 Å². The van der Waals surface area contributed by atoms with Gasteiger partial charge in [0.25, 0.3) is 0 Å². The number of aromatic nitrogens is 1. The highest BCUT2D eigenvalue weighted by Gasteiger charge is 2.20. The fourth-order valence-corrected chi connectivity index (χ4v) is 4.13. The predicted octanol–water partition coefficient (Wildman–Crippen LogP) is 3.56. The summed E-state index contributed by atoms with van der Waals surface area (Å²) in [6.45, 7) is 9.21. The van der Waals surface area contributed by atoms with Crippen LogP contribution in [0.1, 0.15) is 35.2 Å². The first-order valence-corrected chi connectivity index (χ1v) is 10.8. The molecule has 0 unspecified atom stereocenters. The standard InChI is InChI=1S/C21H30FN5S/c1-3-23-21(26-14-20-24-12-16(2)28-20)25-13-17-8-10-27(11-9-17)15-18-6-4-5-7-19(18)22/h4-7,12,17H,3,8-11,13-15H2,1-2H3,(H2,23,25,26). The van der Waals surface area contributed by atoms with Crippen molar-refractivity contribution in [2.45, 2.75) is 39.8 Å². The molecule has 3 rings (SSSR count). The molecule has 1 fully saturated rings. The molecular formula is C21H30FN5S. The topological polar surface area (TPSA) is 52.6 Å². The number of aryl methyl sites for hydroxylation is 1. The Morgan fingerprint density at radius 3 is 2.75 bits per heavy atom. The summed E-state index contributed by atoms with van der Waals surface area (Å²) in [6, 6.07) is 7.08. The minimum atomic E-state index is -0.104. The summed E-state index contributed by atoms with van der Waals surface area (Å²) in [5, 5.41) is 7.83. The van der Waals surface area contributed by atoms with Gasteiger partial charge in [-0.25, -0.2) is 14.4 Å². The minimum absolute atomic E-state index is 0.104. The molecular weight excluding hydrogens is 373 g/mol. The monoisotopic (exact) mass is 403 g/mol. The number of hydrogen-bond donors (Lipinski definition) is 2. The van der Waals surface area contributed by atoms with Gasteiger partial charge in [0.1, 0.15) is 10.8 Å².